The van der Waals surface area contributed by atoms with Gasteiger partial charge in [-0.1, -0.05) is 12.1 Å². The summed E-state index contributed by atoms with van der Waals surface area (Å²) in [5.74, 6) is 0.416. The fraction of sp³-hybridized carbons (Fsp3) is 0.370. The number of ether oxygens (including phenoxy) is 2. The summed E-state index contributed by atoms with van der Waals surface area (Å²) in [5.41, 5.74) is 1.87. The van der Waals surface area contributed by atoms with Gasteiger partial charge < -0.3 is 24.2 Å². The van der Waals surface area contributed by atoms with E-state index in [2.05, 4.69) is 24.8 Å². The number of carbonyl (C=O) groups excluding carboxylic acids is 1. The van der Waals surface area contributed by atoms with Crippen LogP contribution < -0.4 is 14.5 Å². The Morgan fingerprint density at radius 2 is 1.55 bits per heavy atom. The number of hydrogen-bond acceptors (Lipinski definition) is 9. The highest BCUT2D eigenvalue weighted by molar-refractivity contribution is 5.77. The third-order valence-corrected chi connectivity index (χ3v) is 7.00. The van der Waals surface area contributed by atoms with Gasteiger partial charge in [-0.2, -0.15) is 15.0 Å². The SMILES string of the molecule is CC(=O)N1CCN(c2ccc(Oc3nc(N4CCOCC4)nc(-n4c(C(F)F)nc5ccccc54)n3)cc2)CC1. The van der Waals surface area contributed by atoms with E-state index in [9.17, 15) is 13.6 Å². The van der Waals surface area contributed by atoms with Gasteiger partial charge in [0.25, 0.3) is 6.43 Å². The van der Waals surface area contributed by atoms with E-state index in [1.165, 1.54) is 4.57 Å². The quantitative estimate of drug-likeness (QED) is 0.357. The van der Waals surface area contributed by atoms with Crippen LogP contribution in [0.3, 0.4) is 0 Å². The van der Waals surface area contributed by atoms with E-state index in [0.717, 1.165) is 18.8 Å². The number of anilines is 2. The molecule has 13 heteroatoms. The van der Waals surface area contributed by atoms with Gasteiger partial charge in [0.15, 0.2) is 5.82 Å². The van der Waals surface area contributed by atoms with E-state index in [4.69, 9.17) is 9.47 Å². The molecule has 2 aliphatic rings. The maximum absolute atomic E-state index is 14.1. The van der Waals surface area contributed by atoms with Gasteiger partial charge in [-0.05, 0) is 36.4 Å². The normalized spacial score (nSPS) is 16.1. The van der Waals surface area contributed by atoms with Crippen LogP contribution in [0.25, 0.3) is 17.0 Å². The zero-order valence-electron chi connectivity index (χ0n) is 21.9. The molecule has 0 N–H and O–H groups in total. The van der Waals surface area contributed by atoms with Gasteiger partial charge in [0, 0.05) is 51.9 Å². The number of nitrogens with zero attached hydrogens (tertiary/aromatic N) is 8. The fourth-order valence-electron chi connectivity index (χ4n) is 4.90. The van der Waals surface area contributed by atoms with Crippen LogP contribution in [0.2, 0.25) is 0 Å². The number of imidazole rings is 1. The van der Waals surface area contributed by atoms with Crippen molar-refractivity contribution in [2.24, 2.45) is 0 Å². The summed E-state index contributed by atoms with van der Waals surface area (Å²) in [5, 5.41) is 0. The summed E-state index contributed by atoms with van der Waals surface area (Å²) in [7, 11) is 0. The molecule has 4 aromatic rings. The highest BCUT2D eigenvalue weighted by Gasteiger charge is 2.25. The van der Waals surface area contributed by atoms with Gasteiger partial charge >= 0.3 is 6.01 Å². The number of hydrogen-bond donors (Lipinski definition) is 0. The van der Waals surface area contributed by atoms with Crippen LogP contribution in [0.5, 0.6) is 11.8 Å². The average Bonchev–Trinajstić information content (AvgIpc) is 3.38. The molecule has 0 aliphatic carbocycles. The number of fused-ring (bicyclic) bond motifs is 1. The van der Waals surface area contributed by atoms with E-state index in [1.807, 2.05) is 34.1 Å². The number of amides is 1. The summed E-state index contributed by atoms with van der Waals surface area (Å²) in [4.78, 5) is 35.2. The lowest BCUT2D eigenvalue weighted by Gasteiger charge is -2.35. The Kier molecular flexibility index (Phi) is 7.11. The molecule has 2 fully saturated rings. The first-order valence-electron chi connectivity index (χ1n) is 13.1. The zero-order chi connectivity index (χ0) is 27.6. The molecule has 208 valence electrons. The van der Waals surface area contributed by atoms with Crippen molar-refractivity contribution in [3.8, 4) is 17.7 Å². The molecule has 0 bridgehead atoms. The average molecular weight is 551 g/mol. The van der Waals surface area contributed by atoms with Crippen molar-refractivity contribution in [1.29, 1.82) is 0 Å². The van der Waals surface area contributed by atoms with Gasteiger partial charge in [0.1, 0.15) is 5.75 Å². The Bertz CT molecular complexity index is 1500. The monoisotopic (exact) mass is 550 g/mol. The summed E-state index contributed by atoms with van der Waals surface area (Å²) < 4.78 is 40.9. The van der Waals surface area contributed by atoms with Crippen molar-refractivity contribution in [3.63, 3.8) is 0 Å². The smallest absolute Gasteiger partial charge is 0.328 e. The molecule has 6 rings (SSSR count). The number of alkyl halides is 2. The van der Waals surface area contributed by atoms with Crippen molar-refractivity contribution in [2.75, 3.05) is 62.3 Å². The number of rotatable bonds is 6. The molecule has 0 spiro atoms. The number of piperazine rings is 1. The number of morpholine rings is 1. The molecule has 0 atom stereocenters. The molecule has 4 heterocycles. The fourth-order valence-corrected chi connectivity index (χ4v) is 4.90. The Morgan fingerprint density at radius 1 is 0.850 bits per heavy atom. The minimum Gasteiger partial charge on any atom is -0.424 e. The first kappa shape index (κ1) is 25.9. The Labute approximate surface area is 229 Å². The van der Waals surface area contributed by atoms with Crippen molar-refractivity contribution in [3.05, 3.63) is 54.4 Å². The second kappa shape index (κ2) is 11.0. The molecule has 11 nitrogen and oxygen atoms in total. The third-order valence-electron chi connectivity index (χ3n) is 7.00. The highest BCUT2D eigenvalue weighted by Crippen LogP contribution is 2.29. The third kappa shape index (κ3) is 5.24. The molecular weight excluding hydrogens is 522 g/mol. The van der Waals surface area contributed by atoms with Gasteiger partial charge in [0.2, 0.25) is 17.8 Å². The molecule has 0 unspecified atom stereocenters. The number of benzene rings is 2. The maximum atomic E-state index is 14.1. The van der Waals surface area contributed by atoms with Crippen LogP contribution >= 0.6 is 0 Å². The minimum atomic E-state index is -2.84. The number of aromatic nitrogens is 5. The van der Waals surface area contributed by atoms with Gasteiger partial charge in [-0.15, -0.1) is 0 Å². The molecule has 0 radical (unpaired) electrons. The van der Waals surface area contributed by atoms with Gasteiger partial charge in [0.05, 0.1) is 24.2 Å². The van der Waals surface area contributed by atoms with Crippen LogP contribution in [0.1, 0.15) is 19.2 Å². The largest absolute Gasteiger partial charge is 0.424 e. The van der Waals surface area contributed by atoms with Crippen molar-refractivity contribution in [1.82, 2.24) is 29.4 Å². The first-order valence-corrected chi connectivity index (χ1v) is 13.1. The minimum absolute atomic E-state index is 0.00421. The van der Waals surface area contributed by atoms with Crippen LogP contribution in [-0.4, -0.2) is 87.8 Å². The second-order valence-electron chi connectivity index (χ2n) is 9.50. The summed E-state index contributed by atoms with van der Waals surface area (Å²) in [6.07, 6.45) is -2.84. The van der Waals surface area contributed by atoms with Gasteiger partial charge in [-0.25, -0.2) is 13.8 Å². The van der Waals surface area contributed by atoms with Gasteiger partial charge in [-0.3, -0.25) is 9.36 Å². The first-order chi connectivity index (χ1) is 19.5. The van der Waals surface area contributed by atoms with E-state index in [-0.39, 0.29) is 17.9 Å². The molecule has 2 saturated heterocycles. The van der Waals surface area contributed by atoms with Crippen molar-refractivity contribution < 1.29 is 23.0 Å². The molecule has 1 amide bonds. The summed E-state index contributed by atoms with van der Waals surface area (Å²) in [6.45, 7) is 6.50. The molecular formula is C27H28F2N8O3. The van der Waals surface area contributed by atoms with Crippen molar-refractivity contribution >= 4 is 28.6 Å². The predicted molar refractivity (Wildman–Crippen MR) is 143 cm³/mol. The van der Waals surface area contributed by atoms with E-state index in [1.54, 1.807) is 31.2 Å². The zero-order valence-corrected chi connectivity index (χ0v) is 21.9. The highest BCUT2D eigenvalue weighted by atomic mass is 19.3. The molecule has 2 aliphatic heterocycles. The molecule has 2 aromatic heterocycles. The van der Waals surface area contributed by atoms with Crippen molar-refractivity contribution in [2.45, 2.75) is 13.3 Å². The van der Waals surface area contributed by atoms with Crippen LogP contribution in [-0.2, 0) is 9.53 Å². The number of para-hydroxylation sites is 2. The standard InChI is InChI=1S/C27H28F2N8O3/c1-18(38)34-10-12-35(13-11-34)19-6-8-20(9-7-19)40-27-32-25(36-14-16-39-17-15-36)31-26(33-27)37-22-5-3-2-4-21(22)30-24(37)23(28)29/h2-9,23H,10-17H2,1H3. The topological polar surface area (TPSA) is 102 Å². The Morgan fingerprint density at radius 3 is 2.25 bits per heavy atom. The Hall–Kier alpha value is -4.39. The maximum Gasteiger partial charge on any atom is 0.328 e. The molecule has 40 heavy (non-hydrogen) atoms. The van der Waals surface area contributed by atoms with Crippen LogP contribution in [0.4, 0.5) is 20.4 Å². The summed E-state index contributed by atoms with van der Waals surface area (Å²) >= 11 is 0. The lowest BCUT2D eigenvalue weighted by atomic mass is 10.2. The second-order valence-corrected chi connectivity index (χ2v) is 9.50. The predicted octanol–water partition coefficient (Wildman–Crippen LogP) is 3.45. The lowest BCUT2D eigenvalue weighted by Crippen LogP contribution is -2.48. The van der Waals surface area contributed by atoms with Crippen LogP contribution in [0.15, 0.2) is 48.5 Å². The molecule has 0 saturated carbocycles. The van der Waals surface area contributed by atoms with Crippen LogP contribution in [0, 0.1) is 0 Å². The number of carbonyl (C=O) groups is 1. The van der Waals surface area contributed by atoms with E-state index in [0.29, 0.717) is 62.1 Å². The van der Waals surface area contributed by atoms with E-state index < -0.39 is 12.2 Å². The summed E-state index contributed by atoms with van der Waals surface area (Å²) in [6, 6.07) is 14.3. The number of halogens is 2. The molecule has 2 aromatic carbocycles. The van der Waals surface area contributed by atoms with E-state index >= 15 is 0 Å². The Balaban J connectivity index is 1.32. The lowest BCUT2D eigenvalue weighted by molar-refractivity contribution is -0.129.